The monoisotopic (exact) mass is 251 g/mol. The highest BCUT2D eigenvalue weighted by Crippen LogP contribution is 2.24. The van der Waals surface area contributed by atoms with E-state index in [1.54, 1.807) is 29.9 Å². The number of rotatable bonds is 1. The van der Waals surface area contributed by atoms with Crippen LogP contribution in [0.2, 0.25) is 0 Å². The molecule has 0 unspecified atom stereocenters. The summed E-state index contributed by atoms with van der Waals surface area (Å²) < 4.78 is 0. The quantitative estimate of drug-likeness (QED) is 0.676. The fourth-order valence-electron chi connectivity index (χ4n) is 1.50. The van der Waals surface area contributed by atoms with Gasteiger partial charge in [-0.2, -0.15) is 0 Å². The molecule has 86 valence electrons. The second-order valence-electron chi connectivity index (χ2n) is 3.59. The van der Waals surface area contributed by atoms with Crippen LogP contribution in [0.25, 0.3) is 10.7 Å². The molecule has 0 spiro atoms. The maximum absolute atomic E-state index is 4.22. The van der Waals surface area contributed by atoms with E-state index in [-0.39, 0.29) is 0 Å². The molecular weight excluding hydrogens is 242 g/mol. The van der Waals surface area contributed by atoms with E-state index in [0.29, 0.717) is 0 Å². The highest BCUT2D eigenvalue weighted by molar-refractivity contribution is 7.15. The van der Waals surface area contributed by atoms with Gasteiger partial charge >= 0.3 is 0 Å². The Labute approximate surface area is 109 Å². The Morgan fingerprint density at radius 2 is 1.89 bits per heavy atom. The molecule has 1 N–H and O–H groups in total. The fourth-order valence-corrected chi connectivity index (χ4v) is 2.32. The Bertz CT molecular complexity index is 687. The third kappa shape index (κ3) is 2.31. The summed E-state index contributed by atoms with van der Waals surface area (Å²) in [7, 11) is 0. The van der Waals surface area contributed by atoms with Crippen molar-refractivity contribution in [1.29, 1.82) is 0 Å². The summed E-state index contributed by atoms with van der Waals surface area (Å²) in [6.07, 6.45) is 7.05. The lowest BCUT2D eigenvalue weighted by atomic mass is 10.3. The van der Waals surface area contributed by atoms with Crippen molar-refractivity contribution in [3.05, 3.63) is 59.5 Å². The number of hydrogen-bond acceptors (Lipinski definition) is 3. The smallest absolute Gasteiger partial charge is 0.147 e. The molecule has 0 saturated carbocycles. The highest BCUT2D eigenvalue weighted by atomic mass is 32.1. The van der Waals surface area contributed by atoms with Crippen molar-refractivity contribution in [2.24, 2.45) is 0 Å². The molecule has 0 fully saturated rings. The Morgan fingerprint density at radius 1 is 1.00 bits per heavy atom. The molecule has 3 rings (SSSR count). The van der Waals surface area contributed by atoms with Gasteiger partial charge in [-0.05, 0) is 24.3 Å². The fraction of sp³-hybridized carbons (Fsp3) is 0. The van der Waals surface area contributed by atoms with Gasteiger partial charge in [0.25, 0.3) is 0 Å². The maximum atomic E-state index is 4.22. The summed E-state index contributed by atoms with van der Waals surface area (Å²) in [5.74, 6) is 7.14. The first-order valence-electron chi connectivity index (χ1n) is 5.43. The SMILES string of the molecule is C(#Cc1ccc(-c2ncc[nH]2)s1)c1ccncc1. The van der Waals surface area contributed by atoms with Gasteiger partial charge in [-0.1, -0.05) is 11.8 Å². The second-order valence-corrected chi connectivity index (χ2v) is 4.67. The largest absolute Gasteiger partial charge is 0.344 e. The van der Waals surface area contributed by atoms with Crippen molar-refractivity contribution in [2.75, 3.05) is 0 Å². The molecule has 0 saturated heterocycles. The minimum atomic E-state index is 0.886. The number of aromatic amines is 1. The zero-order valence-corrected chi connectivity index (χ0v) is 10.2. The number of pyridine rings is 1. The zero-order valence-electron chi connectivity index (χ0n) is 9.42. The van der Waals surface area contributed by atoms with Crippen LogP contribution in [-0.2, 0) is 0 Å². The van der Waals surface area contributed by atoms with Crippen molar-refractivity contribution in [2.45, 2.75) is 0 Å². The standard InChI is InChI=1S/C14H9N3S/c1(11-5-7-15-8-6-11)2-12-3-4-13(18-12)14-16-9-10-17-14/h3-10H,(H,16,17). The molecule has 4 heteroatoms. The highest BCUT2D eigenvalue weighted by Gasteiger charge is 2.02. The van der Waals surface area contributed by atoms with Gasteiger partial charge in [0.1, 0.15) is 5.82 Å². The first-order valence-corrected chi connectivity index (χ1v) is 6.25. The molecule has 0 aliphatic carbocycles. The van der Waals surface area contributed by atoms with Crippen LogP contribution in [0.1, 0.15) is 10.4 Å². The average molecular weight is 251 g/mol. The molecule has 0 atom stereocenters. The van der Waals surface area contributed by atoms with E-state index < -0.39 is 0 Å². The lowest BCUT2D eigenvalue weighted by molar-refractivity contribution is 1.32. The van der Waals surface area contributed by atoms with Crippen molar-refractivity contribution >= 4 is 11.3 Å². The van der Waals surface area contributed by atoms with Crippen molar-refractivity contribution in [3.63, 3.8) is 0 Å². The predicted octanol–water partition coefficient (Wildman–Crippen LogP) is 2.93. The normalized spacial score (nSPS) is 9.78. The molecule has 0 bridgehead atoms. The summed E-state index contributed by atoms with van der Waals surface area (Å²) in [6.45, 7) is 0. The maximum Gasteiger partial charge on any atom is 0.147 e. The number of hydrogen-bond donors (Lipinski definition) is 1. The number of aromatic nitrogens is 3. The molecule has 3 aromatic heterocycles. The molecule has 0 aromatic carbocycles. The van der Waals surface area contributed by atoms with Gasteiger partial charge in [-0.15, -0.1) is 11.3 Å². The minimum Gasteiger partial charge on any atom is -0.344 e. The molecule has 3 heterocycles. The number of thiophene rings is 1. The van der Waals surface area contributed by atoms with Gasteiger partial charge in [-0.3, -0.25) is 4.98 Å². The second kappa shape index (κ2) is 4.86. The van der Waals surface area contributed by atoms with Crippen LogP contribution >= 0.6 is 11.3 Å². The number of nitrogens with one attached hydrogen (secondary N) is 1. The zero-order chi connectivity index (χ0) is 12.2. The van der Waals surface area contributed by atoms with E-state index in [2.05, 4.69) is 26.8 Å². The predicted molar refractivity (Wildman–Crippen MR) is 72.1 cm³/mol. The Balaban J connectivity index is 1.85. The van der Waals surface area contributed by atoms with Crippen LogP contribution in [0.15, 0.2) is 49.1 Å². The molecule has 3 nitrogen and oxygen atoms in total. The first kappa shape index (κ1) is 10.8. The minimum absolute atomic E-state index is 0.886. The Morgan fingerprint density at radius 3 is 2.67 bits per heavy atom. The van der Waals surface area contributed by atoms with Crippen molar-refractivity contribution in [3.8, 4) is 22.5 Å². The van der Waals surface area contributed by atoms with E-state index in [9.17, 15) is 0 Å². The van der Waals surface area contributed by atoms with Gasteiger partial charge < -0.3 is 4.98 Å². The van der Waals surface area contributed by atoms with E-state index in [0.717, 1.165) is 21.1 Å². The molecule has 18 heavy (non-hydrogen) atoms. The van der Waals surface area contributed by atoms with E-state index in [1.165, 1.54) is 0 Å². The van der Waals surface area contributed by atoms with Crippen LogP contribution in [0.5, 0.6) is 0 Å². The number of nitrogens with zero attached hydrogens (tertiary/aromatic N) is 2. The van der Waals surface area contributed by atoms with Crippen LogP contribution in [-0.4, -0.2) is 15.0 Å². The summed E-state index contributed by atoms with van der Waals surface area (Å²) >= 11 is 1.63. The lowest BCUT2D eigenvalue weighted by Crippen LogP contribution is -1.73. The van der Waals surface area contributed by atoms with Crippen LogP contribution in [0, 0.1) is 11.8 Å². The molecule has 0 amide bonds. The van der Waals surface area contributed by atoms with Crippen LogP contribution in [0.4, 0.5) is 0 Å². The van der Waals surface area contributed by atoms with E-state index in [4.69, 9.17) is 0 Å². The molecule has 0 aliphatic rings. The molecule has 0 radical (unpaired) electrons. The van der Waals surface area contributed by atoms with Crippen LogP contribution < -0.4 is 0 Å². The molecule has 3 aromatic rings. The van der Waals surface area contributed by atoms with Gasteiger partial charge in [-0.25, -0.2) is 4.98 Å². The summed E-state index contributed by atoms with van der Waals surface area (Å²) in [5, 5.41) is 0. The van der Waals surface area contributed by atoms with E-state index >= 15 is 0 Å². The summed E-state index contributed by atoms with van der Waals surface area (Å²) in [5.41, 5.74) is 0.970. The van der Waals surface area contributed by atoms with Gasteiger partial charge in [0.15, 0.2) is 0 Å². The number of H-pyrrole nitrogens is 1. The van der Waals surface area contributed by atoms with Crippen LogP contribution in [0.3, 0.4) is 0 Å². The van der Waals surface area contributed by atoms with Gasteiger partial charge in [0, 0.05) is 30.4 Å². The third-order valence-corrected chi connectivity index (χ3v) is 3.36. The topological polar surface area (TPSA) is 41.6 Å². The van der Waals surface area contributed by atoms with Gasteiger partial charge in [0.2, 0.25) is 0 Å². The third-order valence-electron chi connectivity index (χ3n) is 2.35. The Kier molecular flexibility index (Phi) is 2.90. The van der Waals surface area contributed by atoms with Crippen molar-refractivity contribution in [1.82, 2.24) is 15.0 Å². The van der Waals surface area contributed by atoms with Crippen molar-refractivity contribution < 1.29 is 0 Å². The molecular formula is C14H9N3S. The molecule has 0 aliphatic heterocycles. The average Bonchev–Trinajstić information content (AvgIpc) is 3.08. The first-order chi connectivity index (χ1) is 8.92. The lowest BCUT2D eigenvalue weighted by Gasteiger charge is -1.87. The Hall–Kier alpha value is -2.38. The summed E-state index contributed by atoms with van der Waals surface area (Å²) in [4.78, 5) is 13.4. The van der Waals surface area contributed by atoms with E-state index in [1.807, 2.05) is 30.5 Å². The number of imidazole rings is 1. The summed E-state index contributed by atoms with van der Waals surface area (Å²) in [6, 6.07) is 7.83. The van der Waals surface area contributed by atoms with Gasteiger partial charge in [0.05, 0.1) is 9.75 Å².